The molecule has 2 aromatic carbocycles. The van der Waals surface area contributed by atoms with E-state index in [0.717, 1.165) is 27.7 Å². The molecule has 1 unspecified atom stereocenters. The molecule has 0 bridgehead atoms. The van der Waals surface area contributed by atoms with Gasteiger partial charge in [-0.05, 0) is 69.2 Å². The molecule has 30 heavy (non-hydrogen) atoms. The summed E-state index contributed by atoms with van der Waals surface area (Å²) in [7, 11) is 0. The maximum atomic E-state index is 12.7. The minimum absolute atomic E-state index is 0.00626. The van der Waals surface area contributed by atoms with Crippen molar-refractivity contribution >= 4 is 45.7 Å². The second-order valence-electron chi connectivity index (χ2n) is 7.36. The molecule has 0 aliphatic heterocycles. The summed E-state index contributed by atoms with van der Waals surface area (Å²) in [6.07, 6.45) is 0. The van der Waals surface area contributed by atoms with Crippen molar-refractivity contribution in [2.24, 2.45) is 0 Å². The maximum Gasteiger partial charge on any atom is 0.237 e. The Morgan fingerprint density at radius 1 is 1.03 bits per heavy atom. The van der Waals surface area contributed by atoms with Crippen molar-refractivity contribution in [3.05, 3.63) is 65.2 Å². The number of Topliss-reactive ketones (excluding diaryl/α,β-unsaturated/α-hetero) is 1. The Morgan fingerprint density at radius 3 is 2.47 bits per heavy atom. The molecule has 0 aliphatic rings. The first kappa shape index (κ1) is 20.1. The molecule has 6 nitrogen and oxygen atoms in total. The fraction of sp³-hybridized carbons (Fsp3) is 0.217. The fourth-order valence-corrected chi connectivity index (χ4v) is 4.31. The molecule has 152 valence electrons. The van der Waals surface area contributed by atoms with E-state index in [1.165, 1.54) is 18.7 Å². The number of anilines is 1. The lowest BCUT2D eigenvalue weighted by atomic mass is 10.1. The number of benzene rings is 2. The molecule has 2 heterocycles. The van der Waals surface area contributed by atoms with Gasteiger partial charge in [0.25, 0.3) is 0 Å². The average molecular weight is 419 g/mol. The first-order valence-electron chi connectivity index (χ1n) is 9.67. The van der Waals surface area contributed by atoms with Gasteiger partial charge in [-0.25, -0.2) is 0 Å². The van der Waals surface area contributed by atoms with Crippen molar-refractivity contribution in [3.8, 4) is 0 Å². The van der Waals surface area contributed by atoms with E-state index in [-0.39, 0.29) is 16.9 Å². The Bertz CT molecular complexity index is 1280. The van der Waals surface area contributed by atoms with Crippen LogP contribution in [0.1, 0.15) is 35.3 Å². The van der Waals surface area contributed by atoms with Gasteiger partial charge in [-0.1, -0.05) is 30.0 Å². The van der Waals surface area contributed by atoms with Crippen LogP contribution >= 0.6 is 11.8 Å². The maximum absolute atomic E-state index is 12.7. The van der Waals surface area contributed by atoms with Crippen LogP contribution in [-0.4, -0.2) is 31.5 Å². The molecule has 0 spiro atoms. The molecule has 2 aromatic heterocycles. The van der Waals surface area contributed by atoms with Crippen molar-refractivity contribution in [1.82, 2.24) is 14.6 Å². The first-order valence-corrected chi connectivity index (χ1v) is 10.6. The number of hydrogen-bond donors (Lipinski definition) is 1. The highest BCUT2D eigenvalue weighted by Gasteiger charge is 2.20. The molecular weight excluding hydrogens is 396 g/mol. The number of nitrogens with zero attached hydrogens (tertiary/aromatic N) is 3. The lowest BCUT2D eigenvalue weighted by Gasteiger charge is -2.13. The number of ketones is 1. The highest BCUT2D eigenvalue weighted by atomic mass is 32.2. The number of rotatable bonds is 5. The van der Waals surface area contributed by atoms with E-state index in [9.17, 15) is 9.59 Å². The smallest absolute Gasteiger partial charge is 0.237 e. The first-order chi connectivity index (χ1) is 14.3. The molecule has 4 rings (SSSR count). The summed E-state index contributed by atoms with van der Waals surface area (Å²) in [5.74, 6) is -0.145. The molecule has 0 aliphatic carbocycles. The van der Waals surface area contributed by atoms with Crippen LogP contribution in [0.25, 0.3) is 16.6 Å². The fourth-order valence-electron chi connectivity index (χ4n) is 3.45. The van der Waals surface area contributed by atoms with Crippen molar-refractivity contribution in [3.63, 3.8) is 0 Å². The predicted octanol–water partition coefficient (Wildman–Crippen LogP) is 4.82. The number of aromatic nitrogens is 3. The molecule has 1 atom stereocenters. The minimum atomic E-state index is -0.384. The number of pyridine rings is 1. The number of nitrogens with one attached hydrogen (secondary N) is 1. The lowest BCUT2D eigenvalue weighted by Crippen LogP contribution is -2.22. The van der Waals surface area contributed by atoms with E-state index >= 15 is 0 Å². The van der Waals surface area contributed by atoms with Gasteiger partial charge in [0.2, 0.25) is 5.91 Å². The largest absolute Gasteiger partial charge is 0.325 e. The number of carbonyl (C=O) groups excluding carboxylic acids is 2. The summed E-state index contributed by atoms with van der Waals surface area (Å²) in [6, 6.07) is 15.1. The molecular formula is C23H22N4O2S. The van der Waals surface area contributed by atoms with Gasteiger partial charge >= 0.3 is 0 Å². The third-order valence-corrected chi connectivity index (χ3v) is 6.14. The normalized spacial score (nSPS) is 12.3. The van der Waals surface area contributed by atoms with Crippen molar-refractivity contribution in [2.45, 2.75) is 38.1 Å². The number of aryl methyl sites for hydroxylation is 2. The van der Waals surface area contributed by atoms with Crippen LogP contribution in [0.3, 0.4) is 0 Å². The van der Waals surface area contributed by atoms with Crippen LogP contribution in [-0.2, 0) is 4.79 Å². The number of thioether (sulfide) groups is 1. The van der Waals surface area contributed by atoms with Gasteiger partial charge in [0.05, 0.1) is 10.8 Å². The standard InChI is InChI=1S/C23H22N4O2S/c1-13-6-5-7-19-14(2)12-20-25-26-23(27(20)21(13)19)30-16(4)22(29)24-18-10-8-17(9-11-18)15(3)28/h5-12,16H,1-4H3,(H,24,29). The van der Waals surface area contributed by atoms with Crippen LogP contribution in [0.5, 0.6) is 0 Å². The highest BCUT2D eigenvalue weighted by molar-refractivity contribution is 8.00. The van der Waals surface area contributed by atoms with Crippen LogP contribution in [0.2, 0.25) is 0 Å². The molecule has 1 amide bonds. The summed E-state index contributed by atoms with van der Waals surface area (Å²) in [4.78, 5) is 24.1. The summed E-state index contributed by atoms with van der Waals surface area (Å²) in [5.41, 5.74) is 5.37. The van der Waals surface area contributed by atoms with E-state index in [1.807, 2.05) is 23.5 Å². The highest BCUT2D eigenvalue weighted by Crippen LogP contribution is 2.30. The Kier molecular flexibility index (Phi) is 5.30. The summed E-state index contributed by atoms with van der Waals surface area (Å²) in [5, 5.41) is 13.0. The van der Waals surface area contributed by atoms with E-state index < -0.39 is 0 Å². The molecule has 1 N–H and O–H groups in total. The van der Waals surface area contributed by atoms with Gasteiger partial charge < -0.3 is 5.32 Å². The lowest BCUT2D eigenvalue weighted by molar-refractivity contribution is -0.115. The van der Waals surface area contributed by atoms with Crippen molar-refractivity contribution in [1.29, 1.82) is 0 Å². The van der Waals surface area contributed by atoms with Crippen LogP contribution in [0, 0.1) is 13.8 Å². The Balaban J connectivity index is 1.61. The Morgan fingerprint density at radius 2 is 1.77 bits per heavy atom. The van der Waals surface area contributed by atoms with Gasteiger partial charge in [-0.15, -0.1) is 10.2 Å². The average Bonchev–Trinajstić information content (AvgIpc) is 3.10. The zero-order chi connectivity index (χ0) is 21.4. The molecule has 4 aromatic rings. The number of hydrogen-bond acceptors (Lipinski definition) is 5. The van der Waals surface area contributed by atoms with E-state index in [2.05, 4.69) is 41.5 Å². The minimum Gasteiger partial charge on any atom is -0.325 e. The SMILES string of the molecule is CC(=O)c1ccc(NC(=O)C(C)Sc2nnc3cc(C)c4cccc(C)c4n23)cc1. The summed E-state index contributed by atoms with van der Waals surface area (Å²) < 4.78 is 2.02. The molecule has 7 heteroatoms. The Hall–Kier alpha value is -3.19. The molecule has 0 fully saturated rings. The van der Waals surface area contributed by atoms with Crippen molar-refractivity contribution in [2.75, 3.05) is 5.32 Å². The number of carbonyl (C=O) groups is 2. The van der Waals surface area contributed by atoms with Crippen LogP contribution in [0.4, 0.5) is 5.69 Å². The third-order valence-electron chi connectivity index (χ3n) is 5.10. The predicted molar refractivity (Wildman–Crippen MR) is 120 cm³/mol. The molecule has 0 saturated carbocycles. The topological polar surface area (TPSA) is 76.4 Å². The molecule has 0 saturated heterocycles. The quantitative estimate of drug-likeness (QED) is 0.371. The monoisotopic (exact) mass is 418 g/mol. The Labute approximate surface area is 178 Å². The van der Waals surface area contributed by atoms with E-state index in [4.69, 9.17) is 0 Å². The number of para-hydroxylation sites is 1. The number of amides is 1. The third kappa shape index (κ3) is 3.68. The van der Waals surface area contributed by atoms with E-state index in [0.29, 0.717) is 16.4 Å². The van der Waals surface area contributed by atoms with Crippen LogP contribution < -0.4 is 5.32 Å². The van der Waals surface area contributed by atoms with E-state index in [1.54, 1.807) is 24.3 Å². The molecule has 0 radical (unpaired) electrons. The second kappa shape index (κ2) is 7.91. The summed E-state index contributed by atoms with van der Waals surface area (Å²) in [6.45, 7) is 7.49. The van der Waals surface area contributed by atoms with Gasteiger partial charge in [0.1, 0.15) is 0 Å². The zero-order valence-corrected chi connectivity index (χ0v) is 18.1. The van der Waals surface area contributed by atoms with Gasteiger partial charge in [0.15, 0.2) is 16.6 Å². The second-order valence-corrected chi connectivity index (χ2v) is 8.67. The summed E-state index contributed by atoms with van der Waals surface area (Å²) >= 11 is 1.37. The zero-order valence-electron chi connectivity index (χ0n) is 17.3. The van der Waals surface area contributed by atoms with Crippen LogP contribution in [0.15, 0.2) is 53.7 Å². The van der Waals surface area contributed by atoms with Gasteiger partial charge in [-0.3, -0.25) is 14.0 Å². The van der Waals surface area contributed by atoms with Gasteiger partial charge in [-0.2, -0.15) is 0 Å². The van der Waals surface area contributed by atoms with Gasteiger partial charge in [0, 0.05) is 16.6 Å². The van der Waals surface area contributed by atoms with Crippen molar-refractivity contribution < 1.29 is 9.59 Å². The number of fused-ring (bicyclic) bond motifs is 3.